The first kappa shape index (κ1) is 15.3. The minimum Gasteiger partial charge on any atom is -0.481 e. The summed E-state index contributed by atoms with van der Waals surface area (Å²) in [6.07, 6.45) is 4.80. The monoisotopic (exact) mass is 313 g/mol. The minimum atomic E-state index is -0.724. The van der Waals surface area contributed by atoms with Crippen LogP contribution in [0.5, 0.6) is 11.6 Å². The summed E-state index contributed by atoms with van der Waals surface area (Å²) >= 11 is 0. The second-order valence-electron chi connectivity index (χ2n) is 5.68. The van der Waals surface area contributed by atoms with Gasteiger partial charge in [0.05, 0.1) is 5.92 Å². The van der Waals surface area contributed by atoms with Gasteiger partial charge in [-0.1, -0.05) is 24.6 Å². The largest absolute Gasteiger partial charge is 0.481 e. The molecule has 120 valence electrons. The molecule has 1 aliphatic carbocycles. The molecule has 6 nitrogen and oxygen atoms in total. The lowest BCUT2D eigenvalue weighted by atomic mass is 9.86. The Morgan fingerprint density at radius 1 is 1.22 bits per heavy atom. The standard InChI is InChI=1S/C17H19N3O3/c21-16(22)12-5-4-6-13(11-12)19-17-18-10-9-15(20-17)23-14-7-2-1-3-8-14/h1-3,7-10,12-13H,4-6,11H2,(H,21,22)(H,18,19,20). The highest BCUT2D eigenvalue weighted by molar-refractivity contribution is 5.70. The number of rotatable bonds is 5. The van der Waals surface area contributed by atoms with Gasteiger partial charge >= 0.3 is 5.97 Å². The van der Waals surface area contributed by atoms with Crippen molar-refractivity contribution in [1.29, 1.82) is 0 Å². The van der Waals surface area contributed by atoms with E-state index in [2.05, 4.69) is 15.3 Å². The van der Waals surface area contributed by atoms with Crippen molar-refractivity contribution in [1.82, 2.24) is 9.97 Å². The number of benzene rings is 1. The van der Waals surface area contributed by atoms with Crippen LogP contribution in [0, 0.1) is 5.92 Å². The third-order valence-corrected chi connectivity index (χ3v) is 3.95. The van der Waals surface area contributed by atoms with Crippen LogP contribution in [0.15, 0.2) is 42.6 Å². The number of nitrogens with one attached hydrogen (secondary N) is 1. The van der Waals surface area contributed by atoms with Gasteiger partial charge in [0.2, 0.25) is 11.8 Å². The van der Waals surface area contributed by atoms with Crippen LogP contribution in [-0.2, 0) is 4.79 Å². The zero-order valence-corrected chi connectivity index (χ0v) is 12.7. The summed E-state index contributed by atoms with van der Waals surface area (Å²) < 4.78 is 5.68. The molecule has 2 aromatic rings. The Morgan fingerprint density at radius 2 is 2.04 bits per heavy atom. The van der Waals surface area contributed by atoms with E-state index in [0.717, 1.165) is 19.3 Å². The Kier molecular flexibility index (Phi) is 4.71. The molecule has 0 aliphatic heterocycles. The van der Waals surface area contributed by atoms with E-state index in [1.54, 1.807) is 12.3 Å². The fraction of sp³-hybridized carbons (Fsp3) is 0.353. The molecular weight excluding hydrogens is 294 g/mol. The molecule has 1 aromatic carbocycles. The summed E-state index contributed by atoms with van der Waals surface area (Å²) in [4.78, 5) is 19.7. The van der Waals surface area contributed by atoms with Crippen molar-refractivity contribution in [2.75, 3.05) is 5.32 Å². The second-order valence-corrected chi connectivity index (χ2v) is 5.68. The summed E-state index contributed by atoms with van der Waals surface area (Å²) in [5, 5.41) is 12.4. The Hall–Kier alpha value is -2.63. The first-order chi connectivity index (χ1) is 11.2. The van der Waals surface area contributed by atoms with E-state index in [1.165, 1.54) is 0 Å². The van der Waals surface area contributed by atoms with Gasteiger partial charge in [0.25, 0.3) is 0 Å². The Morgan fingerprint density at radius 3 is 2.83 bits per heavy atom. The van der Waals surface area contributed by atoms with Gasteiger partial charge in [0, 0.05) is 18.3 Å². The summed E-state index contributed by atoms with van der Waals surface area (Å²) in [6.45, 7) is 0. The molecule has 1 heterocycles. The van der Waals surface area contributed by atoms with Gasteiger partial charge < -0.3 is 15.2 Å². The van der Waals surface area contributed by atoms with Gasteiger partial charge in [-0.15, -0.1) is 0 Å². The van der Waals surface area contributed by atoms with Crippen LogP contribution >= 0.6 is 0 Å². The Bertz CT molecular complexity index is 663. The Labute approximate surface area is 134 Å². The molecule has 2 unspecified atom stereocenters. The minimum absolute atomic E-state index is 0.0804. The van der Waals surface area contributed by atoms with Crippen LogP contribution in [0.4, 0.5) is 5.95 Å². The molecule has 0 amide bonds. The number of carboxylic acid groups (broad SMARTS) is 1. The maximum atomic E-state index is 11.1. The van der Waals surface area contributed by atoms with E-state index in [9.17, 15) is 4.79 Å². The summed E-state index contributed by atoms with van der Waals surface area (Å²) in [6, 6.07) is 11.2. The molecule has 1 aromatic heterocycles. The van der Waals surface area contributed by atoms with E-state index in [-0.39, 0.29) is 12.0 Å². The van der Waals surface area contributed by atoms with Gasteiger partial charge in [0.15, 0.2) is 0 Å². The van der Waals surface area contributed by atoms with Crippen LogP contribution in [0.25, 0.3) is 0 Å². The maximum absolute atomic E-state index is 11.1. The zero-order valence-electron chi connectivity index (χ0n) is 12.7. The Balaban J connectivity index is 1.64. The van der Waals surface area contributed by atoms with Gasteiger partial charge in [0.1, 0.15) is 5.75 Å². The lowest BCUT2D eigenvalue weighted by Gasteiger charge is -2.27. The van der Waals surface area contributed by atoms with Crippen LogP contribution in [0.1, 0.15) is 25.7 Å². The molecule has 1 fully saturated rings. The van der Waals surface area contributed by atoms with Crippen molar-refractivity contribution in [3.63, 3.8) is 0 Å². The number of ether oxygens (including phenoxy) is 1. The number of para-hydroxylation sites is 1. The molecule has 23 heavy (non-hydrogen) atoms. The predicted molar refractivity (Wildman–Crippen MR) is 85.6 cm³/mol. The molecule has 6 heteroatoms. The molecule has 1 saturated carbocycles. The highest BCUT2D eigenvalue weighted by Gasteiger charge is 2.27. The molecule has 0 spiro atoms. The number of anilines is 1. The fourth-order valence-corrected chi connectivity index (χ4v) is 2.81. The maximum Gasteiger partial charge on any atom is 0.306 e. The number of carbonyl (C=O) groups is 1. The molecule has 1 aliphatic rings. The van der Waals surface area contributed by atoms with Crippen molar-refractivity contribution >= 4 is 11.9 Å². The summed E-state index contributed by atoms with van der Waals surface area (Å²) in [5.74, 6) is 0.623. The van der Waals surface area contributed by atoms with Crippen molar-refractivity contribution in [3.8, 4) is 11.6 Å². The molecule has 0 radical (unpaired) electrons. The van der Waals surface area contributed by atoms with Gasteiger partial charge in [-0.2, -0.15) is 4.98 Å². The van der Waals surface area contributed by atoms with Crippen LogP contribution in [0.3, 0.4) is 0 Å². The van der Waals surface area contributed by atoms with E-state index in [0.29, 0.717) is 24.0 Å². The highest BCUT2D eigenvalue weighted by atomic mass is 16.5. The van der Waals surface area contributed by atoms with E-state index >= 15 is 0 Å². The first-order valence-electron chi connectivity index (χ1n) is 7.76. The van der Waals surface area contributed by atoms with Gasteiger partial charge in [-0.3, -0.25) is 4.79 Å². The van der Waals surface area contributed by atoms with Crippen molar-refractivity contribution < 1.29 is 14.6 Å². The third kappa shape index (κ3) is 4.18. The lowest BCUT2D eigenvalue weighted by Crippen LogP contribution is -2.31. The predicted octanol–water partition coefficient (Wildman–Crippen LogP) is 3.32. The molecule has 0 bridgehead atoms. The highest BCUT2D eigenvalue weighted by Crippen LogP contribution is 2.27. The number of aromatic nitrogens is 2. The van der Waals surface area contributed by atoms with E-state index in [1.807, 2.05) is 30.3 Å². The summed E-state index contributed by atoms with van der Waals surface area (Å²) in [5.41, 5.74) is 0. The number of hydrogen-bond acceptors (Lipinski definition) is 5. The number of aliphatic carboxylic acids is 1. The molecule has 2 atom stereocenters. The number of nitrogens with zero attached hydrogens (tertiary/aromatic N) is 2. The smallest absolute Gasteiger partial charge is 0.306 e. The SMILES string of the molecule is O=C(O)C1CCCC(Nc2nccc(Oc3ccccc3)n2)C1. The van der Waals surface area contributed by atoms with Crippen LogP contribution < -0.4 is 10.1 Å². The topological polar surface area (TPSA) is 84.3 Å². The van der Waals surface area contributed by atoms with Crippen molar-refractivity contribution in [3.05, 3.63) is 42.6 Å². The molecular formula is C17H19N3O3. The van der Waals surface area contributed by atoms with Crippen molar-refractivity contribution in [2.45, 2.75) is 31.7 Å². The molecule has 3 rings (SSSR count). The summed E-state index contributed by atoms with van der Waals surface area (Å²) in [7, 11) is 0. The normalized spacial score (nSPS) is 20.7. The van der Waals surface area contributed by atoms with Gasteiger partial charge in [-0.25, -0.2) is 4.98 Å². The average Bonchev–Trinajstić information content (AvgIpc) is 2.56. The van der Waals surface area contributed by atoms with Crippen LogP contribution in [-0.4, -0.2) is 27.1 Å². The van der Waals surface area contributed by atoms with E-state index in [4.69, 9.17) is 9.84 Å². The quantitative estimate of drug-likeness (QED) is 0.881. The second kappa shape index (κ2) is 7.09. The van der Waals surface area contributed by atoms with Crippen molar-refractivity contribution in [2.24, 2.45) is 5.92 Å². The lowest BCUT2D eigenvalue weighted by molar-refractivity contribution is -0.142. The number of carboxylic acids is 1. The average molecular weight is 313 g/mol. The van der Waals surface area contributed by atoms with Gasteiger partial charge in [-0.05, 0) is 31.4 Å². The first-order valence-corrected chi connectivity index (χ1v) is 7.76. The molecule has 0 saturated heterocycles. The zero-order chi connectivity index (χ0) is 16.1. The van der Waals surface area contributed by atoms with E-state index < -0.39 is 5.97 Å². The molecule has 2 N–H and O–H groups in total. The number of hydrogen-bond donors (Lipinski definition) is 2. The van der Waals surface area contributed by atoms with Crippen LogP contribution in [0.2, 0.25) is 0 Å². The third-order valence-electron chi connectivity index (χ3n) is 3.95. The fourth-order valence-electron chi connectivity index (χ4n) is 2.81.